The molecular weight excluding hydrogens is 316 g/mol. The lowest BCUT2D eigenvalue weighted by molar-refractivity contribution is -0.163. The van der Waals surface area contributed by atoms with Crippen molar-refractivity contribution >= 4 is 17.9 Å². The second-order valence-electron chi connectivity index (χ2n) is 7.37. The first kappa shape index (κ1) is 18.5. The number of aliphatic hydroxyl groups excluding tert-OH is 1. The van der Waals surface area contributed by atoms with Gasteiger partial charge < -0.3 is 30.7 Å². The Labute approximate surface area is 141 Å². The van der Waals surface area contributed by atoms with Crippen LogP contribution < -0.4 is 11.1 Å². The van der Waals surface area contributed by atoms with Crippen LogP contribution in [-0.2, 0) is 14.3 Å². The van der Waals surface area contributed by atoms with Crippen LogP contribution in [0, 0.1) is 0 Å². The summed E-state index contributed by atoms with van der Waals surface area (Å²) >= 11 is 0. The molecule has 2 aliphatic rings. The van der Waals surface area contributed by atoms with Crippen molar-refractivity contribution < 1.29 is 24.2 Å². The standard InChI is InChI=1S/C15H26N4O5/c1-9(20)10(16)11(21)19-6-5-18(13(23)24-14(2,3)4)8-15(19)7-17-12(15)22/h9-10,20H,5-8,16H2,1-4H3,(H,17,22)/t9-,10+,15?/m1/s1. The van der Waals surface area contributed by atoms with E-state index in [4.69, 9.17) is 10.5 Å². The highest BCUT2D eigenvalue weighted by atomic mass is 16.6. The maximum absolute atomic E-state index is 12.5. The van der Waals surface area contributed by atoms with Crippen LogP contribution in [0.1, 0.15) is 27.7 Å². The largest absolute Gasteiger partial charge is 0.444 e. The zero-order valence-corrected chi connectivity index (χ0v) is 14.5. The predicted molar refractivity (Wildman–Crippen MR) is 84.9 cm³/mol. The summed E-state index contributed by atoms with van der Waals surface area (Å²) in [5.74, 6) is -0.828. The highest BCUT2D eigenvalue weighted by Gasteiger charge is 2.57. The molecule has 0 aromatic heterocycles. The SMILES string of the molecule is C[C@@H](O)[C@H](N)C(=O)N1CCN(C(=O)OC(C)(C)C)CC12CNC2=O. The van der Waals surface area contributed by atoms with E-state index < -0.39 is 35.3 Å². The lowest BCUT2D eigenvalue weighted by Crippen LogP contribution is -2.81. The third-order valence-corrected chi connectivity index (χ3v) is 4.25. The molecule has 0 saturated carbocycles. The predicted octanol–water partition coefficient (Wildman–Crippen LogP) is -1.36. The van der Waals surface area contributed by atoms with Crippen LogP contribution in [0.4, 0.5) is 4.79 Å². The fourth-order valence-electron chi connectivity index (χ4n) is 2.81. The van der Waals surface area contributed by atoms with Gasteiger partial charge in [0.05, 0.1) is 19.2 Å². The topological polar surface area (TPSA) is 125 Å². The Balaban J connectivity index is 2.17. The van der Waals surface area contributed by atoms with Gasteiger partial charge in [-0.05, 0) is 27.7 Å². The first-order chi connectivity index (χ1) is 11.0. The van der Waals surface area contributed by atoms with Gasteiger partial charge in [-0.1, -0.05) is 0 Å². The number of ether oxygens (including phenoxy) is 1. The molecule has 0 aromatic rings. The van der Waals surface area contributed by atoms with Crippen LogP contribution >= 0.6 is 0 Å². The summed E-state index contributed by atoms with van der Waals surface area (Å²) in [7, 11) is 0. The van der Waals surface area contributed by atoms with Gasteiger partial charge in [-0.25, -0.2) is 4.79 Å². The molecule has 9 heteroatoms. The van der Waals surface area contributed by atoms with Crippen molar-refractivity contribution in [1.82, 2.24) is 15.1 Å². The van der Waals surface area contributed by atoms with Gasteiger partial charge in [-0.3, -0.25) is 9.59 Å². The fourth-order valence-corrected chi connectivity index (χ4v) is 2.81. The molecule has 2 fully saturated rings. The minimum atomic E-state index is -1.14. The van der Waals surface area contributed by atoms with Gasteiger partial charge in [-0.2, -0.15) is 0 Å². The number of hydrogen-bond acceptors (Lipinski definition) is 6. The first-order valence-electron chi connectivity index (χ1n) is 7.99. The van der Waals surface area contributed by atoms with Gasteiger partial charge in [0.15, 0.2) is 5.54 Å². The zero-order valence-electron chi connectivity index (χ0n) is 14.5. The highest BCUT2D eigenvalue weighted by Crippen LogP contribution is 2.29. The number of β-lactam (4-membered cyclic amide) rings is 1. The van der Waals surface area contributed by atoms with Crippen molar-refractivity contribution in [2.24, 2.45) is 5.73 Å². The molecule has 1 spiro atoms. The molecule has 0 aromatic carbocycles. The normalized spacial score (nSPS) is 26.5. The molecule has 2 aliphatic heterocycles. The van der Waals surface area contributed by atoms with Gasteiger partial charge in [0, 0.05) is 13.1 Å². The van der Waals surface area contributed by atoms with Crippen LogP contribution in [0.2, 0.25) is 0 Å². The Morgan fingerprint density at radius 3 is 2.42 bits per heavy atom. The Hall–Kier alpha value is -1.87. The fraction of sp³-hybridized carbons (Fsp3) is 0.800. The average molecular weight is 342 g/mol. The van der Waals surface area contributed by atoms with Crippen LogP contribution in [0.3, 0.4) is 0 Å². The van der Waals surface area contributed by atoms with E-state index in [2.05, 4.69) is 5.32 Å². The number of aliphatic hydroxyl groups is 1. The number of carbonyl (C=O) groups excluding carboxylic acids is 3. The molecule has 0 bridgehead atoms. The minimum absolute atomic E-state index is 0.0476. The lowest BCUT2D eigenvalue weighted by atomic mass is 9.85. The van der Waals surface area contributed by atoms with Crippen molar-refractivity contribution in [2.45, 2.75) is 51.0 Å². The molecule has 2 saturated heterocycles. The van der Waals surface area contributed by atoms with E-state index in [1.165, 1.54) is 16.7 Å². The summed E-state index contributed by atoms with van der Waals surface area (Å²) in [5.41, 5.74) is 3.95. The molecule has 2 rings (SSSR count). The number of nitrogens with one attached hydrogen (secondary N) is 1. The third kappa shape index (κ3) is 3.32. The van der Waals surface area contributed by atoms with Crippen molar-refractivity contribution in [1.29, 1.82) is 0 Å². The van der Waals surface area contributed by atoms with Gasteiger partial charge in [0.1, 0.15) is 11.6 Å². The summed E-state index contributed by atoms with van der Waals surface area (Å²) < 4.78 is 5.34. The summed E-state index contributed by atoms with van der Waals surface area (Å²) in [6, 6.07) is -1.11. The molecule has 2 heterocycles. The van der Waals surface area contributed by atoms with Gasteiger partial charge in [0.25, 0.3) is 0 Å². The Bertz CT molecular complexity index is 544. The van der Waals surface area contributed by atoms with E-state index >= 15 is 0 Å². The minimum Gasteiger partial charge on any atom is -0.444 e. The molecule has 4 N–H and O–H groups in total. The van der Waals surface area contributed by atoms with E-state index in [0.717, 1.165) is 0 Å². The van der Waals surface area contributed by atoms with Crippen LogP contribution in [-0.4, -0.2) is 82.3 Å². The second kappa shape index (κ2) is 6.21. The van der Waals surface area contributed by atoms with Crippen LogP contribution in [0.15, 0.2) is 0 Å². The molecule has 3 amide bonds. The molecule has 24 heavy (non-hydrogen) atoms. The number of carbonyl (C=O) groups is 3. The van der Waals surface area contributed by atoms with Crippen molar-refractivity contribution in [3.8, 4) is 0 Å². The number of nitrogens with two attached hydrogens (primary N) is 1. The number of amides is 3. The van der Waals surface area contributed by atoms with Crippen LogP contribution in [0.25, 0.3) is 0 Å². The molecule has 0 radical (unpaired) electrons. The monoisotopic (exact) mass is 342 g/mol. The zero-order chi connectivity index (χ0) is 18.3. The first-order valence-corrected chi connectivity index (χ1v) is 7.99. The third-order valence-electron chi connectivity index (χ3n) is 4.25. The molecule has 3 atom stereocenters. The summed E-state index contributed by atoms with van der Waals surface area (Å²) in [6.45, 7) is 7.39. The summed E-state index contributed by atoms with van der Waals surface area (Å²) in [5, 5.41) is 12.2. The van der Waals surface area contributed by atoms with E-state index in [1.54, 1.807) is 20.8 Å². The molecule has 1 unspecified atom stereocenters. The quantitative estimate of drug-likeness (QED) is 0.533. The van der Waals surface area contributed by atoms with Crippen molar-refractivity contribution in [3.05, 3.63) is 0 Å². The maximum atomic E-state index is 12.5. The van der Waals surface area contributed by atoms with Gasteiger partial charge >= 0.3 is 6.09 Å². The van der Waals surface area contributed by atoms with Gasteiger partial charge in [-0.15, -0.1) is 0 Å². The smallest absolute Gasteiger partial charge is 0.410 e. The number of rotatable bonds is 2. The summed E-state index contributed by atoms with van der Waals surface area (Å²) in [6.07, 6.45) is -1.55. The Morgan fingerprint density at radius 2 is 2.00 bits per heavy atom. The number of piperazine rings is 1. The molecule has 9 nitrogen and oxygen atoms in total. The van der Waals surface area contributed by atoms with Crippen molar-refractivity contribution in [3.63, 3.8) is 0 Å². The van der Waals surface area contributed by atoms with E-state index in [-0.39, 0.29) is 32.1 Å². The number of nitrogens with zero attached hydrogens (tertiary/aromatic N) is 2. The van der Waals surface area contributed by atoms with E-state index in [0.29, 0.717) is 0 Å². The highest BCUT2D eigenvalue weighted by molar-refractivity contribution is 5.98. The lowest BCUT2D eigenvalue weighted by Gasteiger charge is -2.54. The molecule has 0 aliphatic carbocycles. The number of hydrogen-bond donors (Lipinski definition) is 3. The summed E-state index contributed by atoms with van der Waals surface area (Å²) in [4.78, 5) is 39.8. The van der Waals surface area contributed by atoms with Crippen LogP contribution in [0.5, 0.6) is 0 Å². The van der Waals surface area contributed by atoms with Crippen molar-refractivity contribution in [2.75, 3.05) is 26.2 Å². The molecular formula is C15H26N4O5. The molecule has 136 valence electrons. The Kier molecular flexibility index (Phi) is 4.78. The second-order valence-corrected chi connectivity index (χ2v) is 7.37. The Morgan fingerprint density at radius 1 is 1.38 bits per heavy atom. The van der Waals surface area contributed by atoms with Gasteiger partial charge in [0.2, 0.25) is 11.8 Å². The van der Waals surface area contributed by atoms with E-state index in [1.807, 2.05) is 0 Å². The maximum Gasteiger partial charge on any atom is 0.410 e. The average Bonchev–Trinajstić information content (AvgIpc) is 2.49. The van der Waals surface area contributed by atoms with E-state index in [9.17, 15) is 19.5 Å².